The van der Waals surface area contributed by atoms with Gasteiger partial charge in [-0.25, -0.2) is 0 Å². The monoisotopic (exact) mass is 398 g/mol. The van der Waals surface area contributed by atoms with E-state index in [1.807, 2.05) is 24.3 Å². The molecule has 3 fully saturated rings. The number of carbonyl (C=O) groups excluding carboxylic acids is 2. The fraction of sp³-hybridized carbons (Fsp3) is 0.667. The summed E-state index contributed by atoms with van der Waals surface area (Å²) in [5.41, 5.74) is 6.69. The van der Waals surface area contributed by atoms with E-state index >= 15 is 0 Å². The van der Waals surface area contributed by atoms with E-state index in [1.165, 1.54) is 6.42 Å². The molecule has 0 spiro atoms. The summed E-state index contributed by atoms with van der Waals surface area (Å²) in [6.45, 7) is 7.85. The number of likely N-dealkylation sites (tertiary alicyclic amines) is 1. The van der Waals surface area contributed by atoms with Crippen molar-refractivity contribution < 1.29 is 14.3 Å². The van der Waals surface area contributed by atoms with Gasteiger partial charge in [0.15, 0.2) is 0 Å². The first kappa shape index (κ1) is 20.2. The molecule has 0 aromatic heterocycles. The number of nitrogens with zero attached hydrogens (tertiary/aromatic N) is 1. The molecule has 2 bridgehead atoms. The Hall–Kier alpha value is -2.04. The Labute approximate surface area is 174 Å². The van der Waals surface area contributed by atoms with Gasteiger partial charge in [0.2, 0.25) is 5.91 Å². The average molecular weight is 399 g/mol. The summed E-state index contributed by atoms with van der Waals surface area (Å²) >= 11 is 0. The molecule has 2 unspecified atom stereocenters. The summed E-state index contributed by atoms with van der Waals surface area (Å²) in [7, 11) is 0. The lowest BCUT2D eigenvalue weighted by atomic mass is 9.65. The fourth-order valence-corrected chi connectivity index (χ4v) is 6.20. The lowest BCUT2D eigenvalue weighted by Crippen LogP contribution is -2.37. The van der Waals surface area contributed by atoms with Gasteiger partial charge in [-0.1, -0.05) is 20.8 Å². The van der Waals surface area contributed by atoms with Crippen LogP contribution in [0.5, 0.6) is 5.75 Å². The van der Waals surface area contributed by atoms with Crippen LogP contribution in [0, 0.1) is 16.7 Å². The molecule has 2 saturated carbocycles. The van der Waals surface area contributed by atoms with Gasteiger partial charge in [-0.15, -0.1) is 0 Å². The maximum absolute atomic E-state index is 13.2. The van der Waals surface area contributed by atoms with E-state index in [4.69, 9.17) is 10.5 Å². The standard InChI is InChI=1S/C24H34N2O3/c1-23(2)12-18-13-24(3,14-23)15-26(18)22(28)17-6-10-20(11-7-17)29-19-8-4-16(5-9-19)21(25)27/h6-7,10-11,16,18-19H,4-5,8-9,12-15H2,1-3H3,(H2,25,27). The third-order valence-corrected chi connectivity index (χ3v) is 7.16. The molecule has 5 heteroatoms. The molecular formula is C24H34N2O3. The first-order chi connectivity index (χ1) is 13.6. The average Bonchev–Trinajstić information content (AvgIpc) is 2.91. The summed E-state index contributed by atoms with van der Waals surface area (Å²) in [6.07, 6.45) is 6.79. The highest BCUT2D eigenvalue weighted by Crippen LogP contribution is 2.52. The van der Waals surface area contributed by atoms with Crippen molar-refractivity contribution in [1.82, 2.24) is 4.90 Å². The van der Waals surface area contributed by atoms with Crippen LogP contribution >= 0.6 is 0 Å². The van der Waals surface area contributed by atoms with Crippen LogP contribution in [0.15, 0.2) is 24.3 Å². The van der Waals surface area contributed by atoms with E-state index < -0.39 is 0 Å². The molecule has 1 aliphatic heterocycles. The van der Waals surface area contributed by atoms with Gasteiger partial charge in [0.05, 0.1) is 6.10 Å². The summed E-state index contributed by atoms with van der Waals surface area (Å²) in [5, 5.41) is 0. The smallest absolute Gasteiger partial charge is 0.254 e. The van der Waals surface area contributed by atoms with Crippen molar-refractivity contribution in [2.45, 2.75) is 77.9 Å². The minimum atomic E-state index is -0.199. The molecule has 158 valence electrons. The number of amides is 2. The highest BCUT2D eigenvalue weighted by Gasteiger charge is 2.51. The molecule has 1 saturated heterocycles. The Morgan fingerprint density at radius 1 is 1.03 bits per heavy atom. The second kappa shape index (κ2) is 7.33. The predicted molar refractivity (Wildman–Crippen MR) is 113 cm³/mol. The van der Waals surface area contributed by atoms with Crippen molar-refractivity contribution >= 4 is 11.8 Å². The molecule has 0 radical (unpaired) electrons. The van der Waals surface area contributed by atoms with E-state index in [0.717, 1.165) is 56.4 Å². The molecule has 2 N–H and O–H groups in total. The van der Waals surface area contributed by atoms with Crippen molar-refractivity contribution in [1.29, 1.82) is 0 Å². The summed E-state index contributed by atoms with van der Waals surface area (Å²) in [6, 6.07) is 7.94. The van der Waals surface area contributed by atoms with E-state index in [2.05, 4.69) is 25.7 Å². The zero-order valence-electron chi connectivity index (χ0n) is 17.9. The number of ether oxygens (including phenoxy) is 1. The Morgan fingerprint density at radius 3 is 2.31 bits per heavy atom. The van der Waals surface area contributed by atoms with E-state index in [-0.39, 0.29) is 29.3 Å². The molecule has 4 rings (SSSR count). The Balaban J connectivity index is 1.37. The van der Waals surface area contributed by atoms with Crippen LogP contribution in [0.2, 0.25) is 0 Å². The quantitative estimate of drug-likeness (QED) is 0.828. The molecule has 2 amide bonds. The molecule has 3 aliphatic rings. The van der Waals surface area contributed by atoms with Crippen LogP contribution in [0.1, 0.15) is 76.1 Å². The van der Waals surface area contributed by atoms with Crippen LogP contribution in [-0.2, 0) is 4.79 Å². The van der Waals surface area contributed by atoms with Crippen molar-refractivity contribution in [3.63, 3.8) is 0 Å². The van der Waals surface area contributed by atoms with Gasteiger partial charge < -0.3 is 15.4 Å². The number of benzene rings is 1. The number of primary amides is 1. The van der Waals surface area contributed by atoms with E-state index in [9.17, 15) is 9.59 Å². The Morgan fingerprint density at radius 2 is 1.69 bits per heavy atom. The number of rotatable bonds is 4. The third kappa shape index (κ3) is 4.29. The Kier molecular flexibility index (Phi) is 5.12. The zero-order valence-corrected chi connectivity index (χ0v) is 17.9. The highest BCUT2D eigenvalue weighted by atomic mass is 16.5. The predicted octanol–water partition coefficient (Wildman–Crippen LogP) is 4.15. The van der Waals surface area contributed by atoms with Crippen molar-refractivity contribution in [2.24, 2.45) is 22.5 Å². The van der Waals surface area contributed by atoms with Crippen LogP contribution in [0.4, 0.5) is 0 Å². The van der Waals surface area contributed by atoms with Gasteiger partial charge in [0.25, 0.3) is 5.91 Å². The zero-order chi connectivity index (χ0) is 20.8. The molecule has 5 nitrogen and oxygen atoms in total. The van der Waals surface area contributed by atoms with Crippen molar-refractivity contribution in [2.75, 3.05) is 6.54 Å². The minimum Gasteiger partial charge on any atom is -0.490 e. The second-order valence-corrected chi connectivity index (χ2v) is 10.7. The second-order valence-electron chi connectivity index (χ2n) is 10.7. The number of carbonyl (C=O) groups is 2. The maximum Gasteiger partial charge on any atom is 0.254 e. The van der Waals surface area contributed by atoms with Crippen molar-refractivity contribution in [3.8, 4) is 5.75 Å². The van der Waals surface area contributed by atoms with Gasteiger partial charge in [-0.2, -0.15) is 0 Å². The number of hydrogen-bond acceptors (Lipinski definition) is 3. The van der Waals surface area contributed by atoms with Crippen LogP contribution in [-0.4, -0.2) is 35.4 Å². The topological polar surface area (TPSA) is 72.6 Å². The molecule has 2 atom stereocenters. The van der Waals surface area contributed by atoms with Gasteiger partial charge in [0, 0.05) is 24.1 Å². The number of fused-ring (bicyclic) bond motifs is 2. The molecule has 1 aromatic carbocycles. The maximum atomic E-state index is 13.2. The third-order valence-electron chi connectivity index (χ3n) is 7.16. The minimum absolute atomic E-state index is 0.0124. The molecule has 1 heterocycles. The normalized spacial score (nSPS) is 33.3. The number of nitrogens with two attached hydrogens (primary N) is 1. The van der Waals surface area contributed by atoms with Crippen LogP contribution in [0.3, 0.4) is 0 Å². The van der Waals surface area contributed by atoms with Gasteiger partial charge >= 0.3 is 0 Å². The van der Waals surface area contributed by atoms with Crippen LogP contribution in [0.25, 0.3) is 0 Å². The van der Waals surface area contributed by atoms with Gasteiger partial charge in [-0.05, 0) is 80.0 Å². The summed E-state index contributed by atoms with van der Waals surface area (Å²) in [5.74, 6) is 0.721. The van der Waals surface area contributed by atoms with Gasteiger partial charge in [-0.3, -0.25) is 9.59 Å². The highest BCUT2D eigenvalue weighted by molar-refractivity contribution is 5.94. The van der Waals surface area contributed by atoms with Crippen molar-refractivity contribution in [3.05, 3.63) is 29.8 Å². The molecule has 29 heavy (non-hydrogen) atoms. The fourth-order valence-electron chi connectivity index (χ4n) is 6.20. The Bertz CT molecular complexity index is 780. The lowest BCUT2D eigenvalue weighted by Gasteiger charge is -2.39. The summed E-state index contributed by atoms with van der Waals surface area (Å²) < 4.78 is 6.08. The first-order valence-corrected chi connectivity index (χ1v) is 11.0. The van der Waals surface area contributed by atoms with E-state index in [1.54, 1.807) is 0 Å². The lowest BCUT2D eigenvalue weighted by molar-refractivity contribution is -0.123. The summed E-state index contributed by atoms with van der Waals surface area (Å²) in [4.78, 5) is 26.6. The van der Waals surface area contributed by atoms with Crippen LogP contribution < -0.4 is 10.5 Å². The molecular weight excluding hydrogens is 364 g/mol. The largest absolute Gasteiger partial charge is 0.490 e. The SMILES string of the molecule is CC1(C)CC2CC(C)(CN2C(=O)c2ccc(OC3CCC(C(N)=O)CC3)cc2)C1. The van der Waals surface area contributed by atoms with Gasteiger partial charge in [0.1, 0.15) is 5.75 Å². The molecule has 2 aliphatic carbocycles. The van der Waals surface area contributed by atoms with E-state index in [0.29, 0.717) is 11.5 Å². The first-order valence-electron chi connectivity index (χ1n) is 11.0. The molecule has 1 aromatic rings. The number of hydrogen-bond donors (Lipinski definition) is 1.